The first-order chi connectivity index (χ1) is 4.61. The first kappa shape index (κ1) is 8.70. The molecule has 0 bridgehead atoms. The van der Waals surface area contributed by atoms with E-state index in [0.717, 1.165) is 0 Å². The van der Waals surface area contributed by atoms with E-state index < -0.39 is 1.68 Å². The first-order valence-electron chi connectivity index (χ1n) is 2.73. The fraction of sp³-hybridized carbons (Fsp3) is 0.143. The summed E-state index contributed by atoms with van der Waals surface area (Å²) in [6.45, 7) is 0. The molecule has 0 heterocycles. The van der Waals surface area contributed by atoms with Crippen LogP contribution in [0, 0.1) is 0 Å². The molecule has 0 saturated heterocycles. The van der Waals surface area contributed by atoms with Gasteiger partial charge in [-0.15, -0.1) is 0 Å². The van der Waals surface area contributed by atoms with Gasteiger partial charge in [0.25, 0.3) is 0 Å². The largest absolute Gasteiger partial charge is 0.235 e. The molecule has 0 aliphatic heterocycles. The number of hydrogen-bond acceptors (Lipinski definition) is 0. The normalized spacial score (nSPS) is 11.5. The Morgan fingerprint density at radius 3 is 1.90 bits per heavy atom. The molecule has 0 nitrogen and oxygen atoms in total. The maximum absolute atomic E-state index is 13.1. The van der Waals surface area contributed by atoms with Gasteiger partial charge in [-0.25, -0.2) is 4.39 Å². The van der Waals surface area contributed by atoms with E-state index in [2.05, 4.69) is 0 Å². The van der Waals surface area contributed by atoms with Crippen LogP contribution in [0.3, 0.4) is 0 Å². The molecule has 0 saturated carbocycles. The van der Waals surface area contributed by atoms with Crippen molar-refractivity contribution in [2.24, 2.45) is 0 Å². The Morgan fingerprint density at radius 2 is 1.60 bits per heavy atom. The molecule has 0 aliphatic rings. The standard InChI is InChI=1S/C7H5FI2/c8-7(9,10)6-4-2-1-3-5-6/h1-5H. The summed E-state index contributed by atoms with van der Waals surface area (Å²) >= 11 is 3.52. The van der Waals surface area contributed by atoms with Crippen molar-refractivity contribution in [2.45, 2.75) is 1.68 Å². The monoisotopic (exact) mass is 362 g/mol. The van der Waals surface area contributed by atoms with Gasteiger partial charge in [-0.1, -0.05) is 30.3 Å². The molecule has 0 unspecified atom stereocenters. The van der Waals surface area contributed by atoms with E-state index in [-0.39, 0.29) is 0 Å². The van der Waals surface area contributed by atoms with Gasteiger partial charge >= 0.3 is 0 Å². The van der Waals surface area contributed by atoms with Crippen LogP contribution in [-0.2, 0) is 1.68 Å². The lowest BCUT2D eigenvalue weighted by molar-refractivity contribution is 0.469. The molecule has 0 aliphatic carbocycles. The second-order valence-corrected chi connectivity index (χ2v) is 6.90. The smallest absolute Gasteiger partial charge is 0.215 e. The van der Waals surface area contributed by atoms with Crippen molar-refractivity contribution in [3.05, 3.63) is 35.9 Å². The van der Waals surface area contributed by atoms with Crippen molar-refractivity contribution in [3.63, 3.8) is 0 Å². The Hall–Kier alpha value is 0.610. The molecule has 0 N–H and O–H groups in total. The molecule has 1 aromatic rings. The van der Waals surface area contributed by atoms with Crippen LogP contribution in [0.2, 0.25) is 0 Å². The third-order valence-corrected chi connectivity index (χ3v) is 2.35. The zero-order valence-electron chi connectivity index (χ0n) is 5.02. The van der Waals surface area contributed by atoms with Crippen LogP contribution in [-0.4, -0.2) is 0 Å². The number of halogens is 3. The van der Waals surface area contributed by atoms with Gasteiger partial charge in [-0.3, -0.25) is 0 Å². The zero-order valence-corrected chi connectivity index (χ0v) is 9.34. The fourth-order valence-electron chi connectivity index (χ4n) is 0.627. The molecule has 54 valence electrons. The summed E-state index contributed by atoms with van der Waals surface area (Å²) in [5.41, 5.74) is 0.705. The molecule has 1 rings (SSSR count). The minimum atomic E-state index is -1.27. The van der Waals surface area contributed by atoms with E-state index in [1.165, 1.54) is 0 Å². The van der Waals surface area contributed by atoms with Crippen molar-refractivity contribution < 1.29 is 4.39 Å². The van der Waals surface area contributed by atoms with Gasteiger partial charge in [-0.05, 0) is 45.2 Å². The van der Waals surface area contributed by atoms with Gasteiger partial charge in [0.1, 0.15) is 0 Å². The lowest BCUT2D eigenvalue weighted by Crippen LogP contribution is -1.97. The van der Waals surface area contributed by atoms with Crippen molar-refractivity contribution in [1.82, 2.24) is 0 Å². The number of alkyl halides is 3. The Bertz CT molecular complexity index is 203. The van der Waals surface area contributed by atoms with Crippen LogP contribution in [0.25, 0.3) is 0 Å². The van der Waals surface area contributed by atoms with Crippen molar-refractivity contribution in [2.75, 3.05) is 0 Å². The van der Waals surface area contributed by atoms with E-state index in [1.807, 2.05) is 18.2 Å². The Morgan fingerprint density at radius 1 is 1.10 bits per heavy atom. The van der Waals surface area contributed by atoms with Crippen LogP contribution < -0.4 is 0 Å². The SMILES string of the molecule is FC(I)(I)c1ccccc1. The maximum atomic E-state index is 13.1. The molecule has 0 fully saturated rings. The quantitative estimate of drug-likeness (QED) is 0.529. The van der Waals surface area contributed by atoms with Crippen molar-refractivity contribution in [1.29, 1.82) is 0 Å². The average molecular weight is 362 g/mol. The van der Waals surface area contributed by atoms with E-state index >= 15 is 0 Å². The van der Waals surface area contributed by atoms with Crippen LogP contribution >= 0.6 is 45.2 Å². The highest BCUT2D eigenvalue weighted by Crippen LogP contribution is 2.40. The molecule has 0 aromatic heterocycles. The summed E-state index contributed by atoms with van der Waals surface area (Å²) in [5.74, 6) is 0. The van der Waals surface area contributed by atoms with Gasteiger partial charge in [0.15, 0.2) is 0 Å². The lowest BCUT2D eigenvalue weighted by atomic mass is 10.2. The number of benzene rings is 1. The lowest BCUT2D eigenvalue weighted by Gasteiger charge is -2.08. The molecule has 10 heavy (non-hydrogen) atoms. The van der Waals surface area contributed by atoms with Crippen molar-refractivity contribution in [3.8, 4) is 0 Å². The molecule has 0 spiro atoms. The molecule has 1 aromatic carbocycles. The predicted molar refractivity (Wildman–Crippen MR) is 57.3 cm³/mol. The number of hydrogen-bond donors (Lipinski definition) is 0. The highest BCUT2D eigenvalue weighted by Gasteiger charge is 2.22. The summed E-state index contributed by atoms with van der Waals surface area (Å²) in [6.07, 6.45) is 0. The summed E-state index contributed by atoms with van der Waals surface area (Å²) in [4.78, 5) is 0. The second kappa shape index (κ2) is 3.34. The minimum absolute atomic E-state index is 0.705. The van der Waals surface area contributed by atoms with Crippen molar-refractivity contribution >= 4 is 45.2 Å². The third-order valence-electron chi connectivity index (χ3n) is 1.10. The molecular formula is C7H5FI2. The number of rotatable bonds is 1. The predicted octanol–water partition coefficient (Wildman–Crippen LogP) is 3.64. The van der Waals surface area contributed by atoms with Gasteiger partial charge in [0, 0.05) is 5.56 Å². The van der Waals surface area contributed by atoms with Crippen LogP contribution in [0.5, 0.6) is 0 Å². The molecular weight excluding hydrogens is 357 g/mol. The molecule has 0 amide bonds. The van der Waals surface area contributed by atoms with E-state index in [1.54, 1.807) is 57.3 Å². The van der Waals surface area contributed by atoms with Crippen LogP contribution in [0.15, 0.2) is 30.3 Å². The molecule has 0 atom stereocenters. The minimum Gasteiger partial charge on any atom is -0.215 e. The highest BCUT2D eigenvalue weighted by atomic mass is 127. The van der Waals surface area contributed by atoms with Gasteiger partial charge in [0.2, 0.25) is 1.68 Å². The topological polar surface area (TPSA) is 0 Å². The first-order valence-corrected chi connectivity index (χ1v) is 4.89. The average Bonchev–Trinajstić information content (AvgIpc) is 1.88. The van der Waals surface area contributed by atoms with Gasteiger partial charge in [-0.2, -0.15) is 0 Å². The Kier molecular flexibility index (Phi) is 2.91. The van der Waals surface area contributed by atoms with Crippen LogP contribution in [0.1, 0.15) is 5.56 Å². The second-order valence-electron chi connectivity index (χ2n) is 1.86. The Labute approximate surface area is 86.5 Å². The summed E-state index contributed by atoms with van der Waals surface area (Å²) in [5, 5.41) is 0. The van der Waals surface area contributed by atoms with E-state index in [9.17, 15) is 4.39 Å². The van der Waals surface area contributed by atoms with E-state index in [0.29, 0.717) is 5.56 Å². The highest BCUT2D eigenvalue weighted by molar-refractivity contribution is 14.2. The molecule has 3 heteroatoms. The summed E-state index contributed by atoms with van der Waals surface area (Å²) in [6, 6.07) is 9.10. The zero-order chi connectivity index (χ0) is 7.61. The third kappa shape index (κ3) is 2.34. The van der Waals surface area contributed by atoms with E-state index in [4.69, 9.17) is 0 Å². The molecule has 0 radical (unpaired) electrons. The maximum Gasteiger partial charge on any atom is 0.235 e. The van der Waals surface area contributed by atoms with Crippen LogP contribution in [0.4, 0.5) is 4.39 Å². The van der Waals surface area contributed by atoms with Gasteiger partial charge < -0.3 is 0 Å². The summed E-state index contributed by atoms with van der Waals surface area (Å²) in [7, 11) is 0. The Balaban J connectivity index is 2.97. The van der Waals surface area contributed by atoms with Gasteiger partial charge in [0.05, 0.1) is 0 Å². The fourth-order valence-corrected chi connectivity index (χ4v) is 1.35. The summed E-state index contributed by atoms with van der Waals surface area (Å²) < 4.78 is 11.8.